The summed E-state index contributed by atoms with van der Waals surface area (Å²) in [6.07, 6.45) is -0.125. The van der Waals surface area contributed by atoms with Crippen LogP contribution in [0, 0.1) is 18.3 Å². The van der Waals surface area contributed by atoms with Crippen LogP contribution in [-0.4, -0.2) is 34.6 Å². The highest BCUT2D eigenvalue weighted by Gasteiger charge is 2.21. The van der Waals surface area contributed by atoms with E-state index in [1.807, 2.05) is 0 Å². The number of rotatable bonds is 5. The fraction of sp³-hybridized carbons (Fsp3) is 0.400. The number of nitrogens with zero attached hydrogens (tertiary/aromatic N) is 2. The van der Waals surface area contributed by atoms with Crippen molar-refractivity contribution in [1.82, 2.24) is 4.90 Å². The first kappa shape index (κ1) is 16.5. The molecule has 0 aliphatic heterocycles. The molecule has 0 fully saturated rings. The summed E-state index contributed by atoms with van der Waals surface area (Å²) in [5.74, 6) is -0.956. The maximum Gasteiger partial charge on any atom is 0.322 e. The molecule has 0 radical (unpaired) electrons. The van der Waals surface area contributed by atoms with E-state index in [9.17, 15) is 9.59 Å². The normalized spacial score (nSPS) is 11.3. The molecule has 1 unspecified atom stereocenters. The van der Waals surface area contributed by atoms with Gasteiger partial charge in [0, 0.05) is 12.6 Å². The molecule has 1 rings (SSSR count). The molecule has 1 aromatic rings. The summed E-state index contributed by atoms with van der Waals surface area (Å²) < 4.78 is 0. The molecule has 0 aromatic heterocycles. The highest BCUT2D eigenvalue weighted by Crippen LogP contribution is 2.19. The number of aliphatic carboxylic acids is 1. The highest BCUT2D eigenvalue weighted by atomic mass is 16.4. The van der Waals surface area contributed by atoms with E-state index in [2.05, 4.69) is 11.4 Å². The third kappa shape index (κ3) is 4.21. The van der Waals surface area contributed by atoms with Gasteiger partial charge in [-0.05, 0) is 32.4 Å². The quantitative estimate of drug-likeness (QED) is 0.871. The third-order valence-electron chi connectivity index (χ3n) is 3.23. The van der Waals surface area contributed by atoms with Gasteiger partial charge >= 0.3 is 12.0 Å². The second-order valence-corrected chi connectivity index (χ2v) is 4.77. The van der Waals surface area contributed by atoms with Crippen LogP contribution in [0.25, 0.3) is 0 Å². The van der Waals surface area contributed by atoms with Gasteiger partial charge in [-0.3, -0.25) is 4.79 Å². The topological polar surface area (TPSA) is 93.4 Å². The number of nitrogens with one attached hydrogen (secondary N) is 1. The van der Waals surface area contributed by atoms with E-state index in [0.717, 1.165) is 5.56 Å². The summed E-state index contributed by atoms with van der Waals surface area (Å²) in [7, 11) is 0. The van der Waals surface area contributed by atoms with Crippen LogP contribution in [-0.2, 0) is 4.79 Å². The molecule has 6 nitrogen and oxygen atoms in total. The Kier molecular flexibility index (Phi) is 5.73. The summed E-state index contributed by atoms with van der Waals surface area (Å²) in [5, 5.41) is 20.6. The third-order valence-corrected chi connectivity index (χ3v) is 3.23. The lowest BCUT2D eigenvalue weighted by Gasteiger charge is -2.27. The molecule has 0 saturated heterocycles. The number of carboxylic acids is 1. The maximum absolute atomic E-state index is 12.3. The number of carboxylic acid groups (broad SMARTS) is 1. The van der Waals surface area contributed by atoms with Crippen LogP contribution in [0.15, 0.2) is 18.2 Å². The molecule has 0 bridgehead atoms. The van der Waals surface area contributed by atoms with Crippen LogP contribution >= 0.6 is 0 Å². The van der Waals surface area contributed by atoms with Crippen molar-refractivity contribution in [1.29, 1.82) is 5.26 Å². The smallest absolute Gasteiger partial charge is 0.322 e. The Bertz CT molecular complexity index is 578. The van der Waals surface area contributed by atoms with E-state index in [1.165, 1.54) is 4.90 Å². The van der Waals surface area contributed by atoms with Crippen molar-refractivity contribution in [3.8, 4) is 6.07 Å². The van der Waals surface area contributed by atoms with E-state index in [0.29, 0.717) is 17.8 Å². The van der Waals surface area contributed by atoms with Gasteiger partial charge in [-0.1, -0.05) is 12.1 Å². The van der Waals surface area contributed by atoms with Crippen LogP contribution in [0.4, 0.5) is 10.5 Å². The molecule has 0 aliphatic rings. The van der Waals surface area contributed by atoms with Gasteiger partial charge in [-0.25, -0.2) is 4.79 Å². The van der Waals surface area contributed by atoms with E-state index < -0.39 is 18.0 Å². The number of urea groups is 1. The zero-order valence-electron chi connectivity index (χ0n) is 12.4. The highest BCUT2D eigenvalue weighted by molar-refractivity contribution is 5.91. The van der Waals surface area contributed by atoms with Crippen molar-refractivity contribution < 1.29 is 14.7 Å². The van der Waals surface area contributed by atoms with Gasteiger partial charge in [0.1, 0.15) is 6.07 Å². The van der Waals surface area contributed by atoms with Gasteiger partial charge in [-0.15, -0.1) is 0 Å². The molecule has 2 amide bonds. The van der Waals surface area contributed by atoms with Gasteiger partial charge in [0.05, 0.1) is 17.7 Å². The lowest BCUT2D eigenvalue weighted by atomic mass is 10.1. The molecule has 21 heavy (non-hydrogen) atoms. The number of nitriles is 1. The minimum Gasteiger partial charge on any atom is -0.481 e. The van der Waals surface area contributed by atoms with Crippen LogP contribution in [0.1, 0.15) is 31.4 Å². The van der Waals surface area contributed by atoms with Crippen molar-refractivity contribution in [2.24, 2.45) is 0 Å². The minimum atomic E-state index is -0.956. The average molecular weight is 289 g/mol. The van der Waals surface area contributed by atoms with Crippen molar-refractivity contribution in [2.75, 3.05) is 11.9 Å². The molecule has 1 atom stereocenters. The fourth-order valence-corrected chi connectivity index (χ4v) is 2.13. The summed E-state index contributed by atoms with van der Waals surface area (Å²) in [6.45, 7) is 5.63. The first-order valence-corrected chi connectivity index (χ1v) is 6.69. The number of hydrogen-bond donors (Lipinski definition) is 2. The van der Waals surface area contributed by atoms with Crippen molar-refractivity contribution in [3.05, 3.63) is 29.3 Å². The first-order valence-electron chi connectivity index (χ1n) is 6.69. The van der Waals surface area contributed by atoms with E-state index in [4.69, 9.17) is 10.4 Å². The van der Waals surface area contributed by atoms with Crippen molar-refractivity contribution in [2.45, 2.75) is 33.2 Å². The average Bonchev–Trinajstić information content (AvgIpc) is 2.38. The molecule has 0 aliphatic carbocycles. The number of carbonyl (C=O) groups excluding carboxylic acids is 1. The van der Waals surface area contributed by atoms with Crippen LogP contribution in [0.5, 0.6) is 0 Å². The first-order chi connectivity index (χ1) is 9.90. The lowest BCUT2D eigenvalue weighted by molar-refractivity contribution is -0.137. The molecule has 6 heteroatoms. The largest absolute Gasteiger partial charge is 0.481 e. The van der Waals surface area contributed by atoms with Gasteiger partial charge in [-0.2, -0.15) is 5.26 Å². The Morgan fingerprint density at radius 2 is 2.14 bits per heavy atom. The minimum absolute atomic E-state index is 0.125. The molecular weight excluding hydrogens is 270 g/mol. The van der Waals surface area contributed by atoms with Gasteiger partial charge in [0.15, 0.2) is 0 Å². The summed E-state index contributed by atoms with van der Waals surface area (Å²) in [5.41, 5.74) is 1.62. The SMILES string of the molecule is CCN(C(=O)Nc1cccc(C)c1C#N)C(C)CC(=O)O. The fourth-order valence-electron chi connectivity index (χ4n) is 2.13. The number of carbonyl (C=O) groups is 2. The van der Waals surface area contributed by atoms with Gasteiger partial charge in [0.25, 0.3) is 0 Å². The maximum atomic E-state index is 12.3. The number of amides is 2. The summed E-state index contributed by atoms with van der Waals surface area (Å²) in [6, 6.07) is 6.42. The zero-order chi connectivity index (χ0) is 16.0. The van der Waals surface area contributed by atoms with Crippen LogP contribution in [0.2, 0.25) is 0 Å². The standard InChI is InChI=1S/C15H19N3O3/c1-4-18(11(3)8-14(19)20)15(21)17-13-7-5-6-10(2)12(13)9-16/h5-7,11H,4,8H2,1-3H3,(H,17,21)(H,19,20). The second-order valence-electron chi connectivity index (χ2n) is 4.77. The number of aryl methyl sites for hydroxylation is 1. The van der Waals surface area contributed by atoms with E-state index >= 15 is 0 Å². The number of hydrogen-bond acceptors (Lipinski definition) is 3. The van der Waals surface area contributed by atoms with Crippen molar-refractivity contribution >= 4 is 17.7 Å². The predicted molar refractivity (Wildman–Crippen MR) is 79.0 cm³/mol. The predicted octanol–water partition coefficient (Wildman–Crippen LogP) is 2.58. The summed E-state index contributed by atoms with van der Waals surface area (Å²) in [4.78, 5) is 24.4. The Morgan fingerprint density at radius 3 is 2.67 bits per heavy atom. The zero-order valence-corrected chi connectivity index (χ0v) is 12.4. The molecule has 2 N–H and O–H groups in total. The molecule has 0 saturated carbocycles. The Morgan fingerprint density at radius 1 is 1.48 bits per heavy atom. The second kappa shape index (κ2) is 7.29. The van der Waals surface area contributed by atoms with E-state index in [-0.39, 0.29) is 6.42 Å². The van der Waals surface area contributed by atoms with Gasteiger partial charge < -0.3 is 15.3 Å². The molecular formula is C15H19N3O3. The van der Waals surface area contributed by atoms with Gasteiger partial charge in [0.2, 0.25) is 0 Å². The van der Waals surface area contributed by atoms with E-state index in [1.54, 1.807) is 39.0 Å². The molecule has 0 heterocycles. The number of benzene rings is 1. The number of anilines is 1. The molecule has 112 valence electrons. The molecule has 0 spiro atoms. The van der Waals surface area contributed by atoms with Crippen LogP contribution < -0.4 is 5.32 Å². The van der Waals surface area contributed by atoms with Crippen molar-refractivity contribution in [3.63, 3.8) is 0 Å². The monoisotopic (exact) mass is 289 g/mol. The lowest BCUT2D eigenvalue weighted by Crippen LogP contribution is -2.42. The van der Waals surface area contributed by atoms with Crippen LogP contribution in [0.3, 0.4) is 0 Å². The Hall–Kier alpha value is -2.55. The Balaban J connectivity index is 2.91. The molecule has 1 aromatic carbocycles. The Labute approximate surface area is 124 Å². The summed E-state index contributed by atoms with van der Waals surface area (Å²) >= 11 is 0.